The van der Waals surface area contributed by atoms with Gasteiger partial charge >= 0.3 is 0 Å². The van der Waals surface area contributed by atoms with E-state index in [0.29, 0.717) is 5.79 Å². The first-order valence-electron chi connectivity index (χ1n) is 4.09. The highest BCUT2D eigenvalue weighted by Gasteiger charge is 2.11. The van der Waals surface area contributed by atoms with E-state index in [2.05, 4.69) is 36.4 Å². The van der Waals surface area contributed by atoms with E-state index in [9.17, 15) is 0 Å². The molecular weight excluding hydrogens is 154 g/mol. The fourth-order valence-corrected chi connectivity index (χ4v) is 1.98. The van der Waals surface area contributed by atoms with Gasteiger partial charge in [-0.3, -0.25) is 0 Å². The summed E-state index contributed by atoms with van der Waals surface area (Å²) in [6, 6.07) is 0. The molecule has 0 aromatic heterocycles. The van der Waals surface area contributed by atoms with Crippen molar-refractivity contribution in [2.24, 2.45) is 0 Å². The fraction of sp³-hybridized carbons (Fsp3) is 1.00. The highest BCUT2D eigenvalue weighted by Crippen LogP contribution is 1.96. The van der Waals surface area contributed by atoms with Crippen molar-refractivity contribution in [1.82, 2.24) is 15.6 Å². The first kappa shape index (κ1) is 11.1. The molecule has 0 fully saturated rings. The van der Waals surface area contributed by atoms with Crippen LogP contribution in [-0.4, -0.2) is 35.1 Å². The second-order valence-electron chi connectivity index (χ2n) is 3.76. The zero-order chi connectivity index (χ0) is 8.91. The van der Waals surface area contributed by atoms with Gasteiger partial charge in [0.1, 0.15) is 9.68 Å². The lowest BCUT2D eigenvalue weighted by Crippen LogP contribution is -2.53. The van der Waals surface area contributed by atoms with E-state index >= 15 is 0 Å². The first-order valence-corrected chi connectivity index (χ1v) is 5.61. The Morgan fingerprint density at radius 1 is 1.09 bits per heavy atom. The van der Waals surface area contributed by atoms with Gasteiger partial charge in [-0.1, -0.05) is 0 Å². The summed E-state index contributed by atoms with van der Waals surface area (Å²) in [5.41, 5.74) is 0.262. The molecule has 4 heteroatoms. The molecule has 11 heavy (non-hydrogen) atoms. The Balaban J connectivity index is 3.51. The Bertz CT molecular complexity index is 96.3. The molecule has 0 saturated heterocycles. The topological polar surface area (TPSA) is 36.1 Å². The fourth-order valence-electron chi connectivity index (χ4n) is 0.757. The molecular formula is C7H21N3Si. The summed E-state index contributed by atoms with van der Waals surface area (Å²) in [6.07, 6.45) is 0. The molecule has 0 heterocycles. The Labute approximate surface area is 72.2 Å². The Morgan fingerprint density at radius 3 is 1.82 bits per heavy atom. The number of nitrogens with one attached hydrogen (secondary N) is 3. The molecule has 0 amide bonds. The van der Waals surface area contributed by atoms with Gasteiger partial charge in [0.15, 0.2) is 0 Å². The van der Waals surface area contributed by atoms with Crippen LogP contribution in [0.5, 0.6) is 0 Å². The summed E-state index contributed by atoms with van der Waals surface area (Å²) in [6.45, 7) is 6.59. The lowest BCUT2D eigenvalue weighted by atomic mass is 10.1. The monoisotopic (exact) mass is 175 g/mol. The maximum atomic E-state index is 3.54. The number of hydrogen-bond acceptors (Lipinski definition) is 3. The van der Waals surface area contributed by atoms with Crippen LogP contribution in [0.1, 0.15) is 20.8 Å². The van der Waals surface area contributed by atoms with Crippen molar-refractivity contribution in [2.75, 3.05) is 14.1 Å². The predicted octanol–water partition coefficient (Wildman–Crippen LogP) is -0.819. The third-order valence-corrected chi connectivity index (χ3v) is 4.02. The normalized spacial score (nSPS) is 13.6. The summed E-state index contributed by atoms with van der Waals surface area (Å²) in [5, 5.41) is 6.42. The van der Waals surface area contributed by atoms with Gasteiger partial charge in [0.05, 0.1) is 5.79 Å². The van der Waals surface area contributed by atoms with Gasteiger partial charge in [-0.25, -0.2) is 0 Å². The predicted molar refractivity (Wildman–Crippen MR) is 53.3 cm³/mol. The smallest absolute Gasteiger partial charge is 0.128 e. The Kier molecular flexibility index (Phi) is 4.91. The van der Waals surface area contributed by atoms with Crippen LogP contribution < -0.4 is 15.6 Å². The summed E-state index contributed by atoms with van der Waals surface area (Å²) < 4.78 is 0. The van der Waals surface area contributed by atoms with E-state index in [1.165, 1.54) is 0 Å². The van der Waals surface area contributed by atoms with E-state index in [0.717, 1.165) is 0 Å². The van der Waals surface area contributed by atoms with Crippen LogP contribution in [-0.2, 0) is 0 Å². The van der Waals surface area contributed by atoms with Crippen molar-refractivity contribution in [1.29, 1.82) is 0 Å². The first-order chi connectivity index (χ1) is 4.99. The van der Waals surface area contributed by atoms with E-state index in [4.69, 9.17) is 0 Å². The van der Waals surface area contributed by atoms with Crippen LogP contribution >= 0.6 is 0 Å². The van der Waals surface area contributed by atoms with Crippen LogP contribution in [0.2, 0.25) is 0 Å². The SMILES string of the molecule is CNC(NC)[SiH2]NC(C)(C)C. The van der Waals surface area contributed by atoms with Crippen LogP contribution in [0.3, 0.4) is 0 Å². The number of rotatable bonds is 4. The second kappa shape index (κ2) is 4.87. The molecule has 0 spiro atoms. The summed E-state index contributed by atoms with van der Waals surface area (Å²) in [7, 11) is 3.72. The van der Waals surface area contributed by atoms with E-state index in [-0.39, 0.29) is 15.2 Å². The molecule has 0 aliphatic carbocycles. The van der Waals surface area contributed by atoms with Crippen LogP contribution in [0, 0.1) is 0 Å². The van der Waals surface area contributed by atoms with Crippen molar-refractivity contribution in [3.63, 3.8) is 0 Å². The average molecular weight is 175 g/mol. The highest BCUT2D eigenvalue weighted by atomic mass is 28.2. The third-order valence-electron chi connectivity index (χ3n) is 1.53. The van der Waals surface area contributed by atoms with E-state index < -0.39 is 0 Å². The van der Waals surface area contributed by atoms with Gasteiger partial charge in [-0.05, 0) is 34.9 Å². The highest BCUT2D eigenvalue weighted by molar-refractivity contribution is 6.34. The molecule has 0 aliphatic rings. The van der Waals surface area contributed by atoms with Crippen molar-refractivity contribution in [2.45, 2.75) is 32.1 Å². The van der Waals surface area contributed by atoms with E-state index in [1.54, 1.807) is 0 Å². The van der Waals surface area contributed by atoms with Crippen molar-refractivity contribution in [3.8, 4) is 0 Å². The Morgan fingerprint density at radius 2 is 1.55 bits per heavy atom. The van der Waals surface area contributed by atoms with Gasteiger partial charge < -0.3 is 15.6 Å². The summed E-state index contributed by atoms with van der Waals surface area (Å²) >= 11 is 0. The molecule has 0 saturated carbocycles. The standard InChI is InChI=1S/C7H21N3Si/c1-7(2,3)10-11-6(8-4)9-5/h6,8-10H,11H2,1-5H3. The molecule has 0 bridgehead atoms. The van der Waals surface area contributed by atoms with Gasteiger partial charge in [-0.15, -0.1) is 0 Å². The molecule has 3 nitrogen and oxygen atoms in total. The van der Waals surface area contributed by atoms with Gasteiger partial charge in [0.2, 0.25) is 0 Å². The molecule has 0 aromatic rings. The van der Waals surface area contributed by atoms with E-state index in [1.807, 2.05) is 14.1 Å². The maximum absolute atomic E-state index is 3.54. The van der Waals surface area contributed by atoms with Crippen LogP contribution in [0.25, 0.3) is 0 Å². The molecule has 0 atom stereocenters. The van der Waals surface area contributed by atoms with Crippen LogP contribution in [0.15, 0.2) is 0 Å². The van der Waals surface area contributed by atoms with Crippen molar-refractivity contribution < 1.29 is 0 Å². The Hall–Kier alpha value is 0.0969. The van der Waals surface area contributed by atoms with Gasteiger partial charge in [0.25, 0.3) is 0 Å². The minimum absolute atomic E-state index is 0.251. The number of hydrogen-bond donors (Lipinski definition) is 3. The minimum atomic E-state index is -0.251. The molecule has 0 aromatic carbocycles. The van der Waals surface area contributed by atoms with Crippen molar-refractivity contribution >= 4 is 9.68 Å². The third kappa shape index (κ3) is 6.49. The quantitative estimate of drug-likeness (QED) is 0.386. The lowest BCUT2D eigenvalue weighted by molar-refractivity contribution is 0.508. The maximum Gasteiger partial charge on any atom is 0.128 e. The zero-order valence-electron chi connectivity index (χ0n) is 8.28. The average Bonchev–Trinajstić information content (AvgIpc) is 1.88. The molecule has 3 N–H and O–H groups in total. The largest absolute Gasteiger partial charge is 0.335 e. The lowest BCUT2D eigenvalue weighted by Gasteiger charge is -2.24. The molecule has 0 rings (SSSR count). The van der Waals surface area contributed by atoms with Gasteiger partial charge in [0, 0.05) is 5.54 Å². The van der Waals surface area contributed by atoms with Crippen molar-refractivity contribution in [3.05, 3.63) is 0 Å². The summed E-state index contributed by atoms with van der Waals surface area (Å²) in [4.78, 5) is 3.54. The zero-order valence-corrected chi connectivity index (χ0v) is 9.70. The molecule has 0 aliphatic heterocycles. The molecule has 68 valence electrons. The molecule has 0 radical (unpaired) electrons. The van der Waals surface area contributed by atoms with Crippen LogP contribution in [0.4, 0.5) is 0 Å². The second-order valence-corrected chi connectivity index (χ2v) is 5.34. The molecule has 0 unspecified atom stereocenters. The summed E-state index contributed by atoms with van der Waals surface area (Å²) in [5.74, 6) is 0.495. The van der Waals surface area contributed by atoms with Gasteiger partial charge in [-0.2, -0.15) is 0 Å². The minimum Gasteiger partial charge on any atom is -0.335 e.